The van der Waals surface area contributed by atoms with Gasteiger partial charge in [-0.1, -0.05) is 41.7 Å². The number of rotatable bonds is 7. The van der Waals surface area contributed by atoms with Crippen molar-refractivity contribution in [2.24, 2.45) is 0 Å². The topological polar surface area (TPSA) is 54.0 Å². The minimum Gasteiger partial charge on any atom is -0.353 e. The number of thioether (sulfide) groups is 1. The summed E-state index contributed by atoms with van der Waals surface area (Å²) in [6.07, 6.45) is 0. The zero-order valence-corrected chi connectivity index (χ0v) is 15.0. The molecule has 1 atom stereocenters. The van der Waals surface area contributed by atoms with Crippen molar-refractivity contribution in [2.75, 3.05) is 17.6 Å². The van der Waals surface area contributed by atoms with Crippen LogP contribution in [0.25, 0.3) is 10.2 Å². The zero-order chi connectivity index (χ0) is 16.8. The minimum atomic E-state index is -0.313. The fraction of sp³-hybridized carbons (Fsp3) is 0.222. The molecule has 2 aromatic carbocycles. The fourth-order valence-corrected chi connectivity index (χ4v) is 3.94. The van der Waals surface area contributed by atoms with Crippen LogP contribution < -0.4 is 10.6 Å². The molecule has 0 aliphatic heterocycles. The Labute approximate surface area is 149 Å². The highest BCUT2D eigenvalue weighted by molar-refractivity contribution is 7.99. The van der Waals surface area contributed by atoms with Gasteiger partial charge < -0.3 is 10.6 Å². The molecule has 0 aliphatic carbocycles. The number of aromatic nitrogens is 1. The van der Waals surface area contributed by atoms with Crippen molar-refractivity contribution in [3.8, 4) is 0 Å². The first-order valence-corrected chi connectivity index (χ1v) is 9.60. The number of thiazole rings is 1. The minimum absolute atomic E-state index is 0.0112. The first kappa shape index (κ1) is 16.8. The van der Waals surface area contributed by atoms with Crippen molar-refractivity contribution in [1.82, 2.24) is 10.3 Å². The van der Waals surface area contributed by atoms with Gasteiger partial charge in [-0.3, -0.25) is 4.79 Å². The molecular weight excluding hydrogens is 338 g/mol. The van der Waals surface area contributed by atoms with Gasteiger partial charge in [-0.2, -0.15) is 0 Å². The Kier molecular flexibility index (Phi) is 5.72. The lowest BCUT2D eigenvalue weighted by atomic mass is 10.3. The molecule has 2 N–H and O–H groups in total. The van der Waals surface area contributed by atoms with Crippen LogP contribution in [0.5, 0.6) is 0 Å². The third-order valence-corrected chi connectivity index (χ3v) is 5.42. The van der Waals surface area contributed by atoms with Gasteiger partial charge in [0.25, 0.3) is 0 Å². The second kappa shape index (κ2) is 8.17. The number of carbonyl (C=O) groups excluding carboxylic acids is 1. The number of hydrogen-bond acceptors (Lipinski definition) is 5. The van der Waals surface area contributed by atoms with E-state index in [1.165, 1.54) is 4.90 Å². The molecular formula is C18H19N3OS2. The number of amides is 1. The Balaban J connectivity index is 1.44. The first-order chi connectivity index (χ1) is 11.7. The van der Waals surface area contributed by atoms with Crippen molar-refractivity contribution in [3.63, 3.8) is 0 Å². The molecule has 0 spiro atoms. The summed E-state index contributed by atoms with van der Waals surface area (Å²) in [5.74, 6) is 0.840. The number of fused-ring (bicyclic) bond motifs is 1. The maximum atomic E-state index is 12.2. The summed E-state index contributed by atoms with van der Waals surface area (Å²) in [5, 5.41) is 6.91. The number of benzene rings is 2. The van der Waals surface area contributed by atoms with Gasteiger partial charge in [0.2, 0.25) is 5.91 Å². The van der Waals surface area contributed by atoms with Gasteiger partial charge in [0.05, 0.1) is 10.2 Å². The Bertz CT molecular complexity index is 771. The summed E-state index contributed by atoms with van der Waals surface area (Å²) in [7, 11) is 0. The molecule has 1 heterocycles. The van der Waals surface area contributed by atoms with Crippen LogP contribution in [0.1, 0.15) is 6.92 Å². The van der Waals surface area contributed by atoms with Gasteiger partial charge in [-0.15, -0.1) is 11.8 Å². The van der Waals surface area contributed by atoms with Gasteiger partial charge in [0.15, 0.2) is 5.13 Å². The van der Waals surface area contributed by atoms with Crippen LogP contribution in [-0.4, -0.2) is 29.2 Å². The molecule has 1 amide bonds. The Morgan fingerprint density at radius 2 is 1.92 bits per heavy atom. The molecule has 6 heteroatoms. The standard InChI is InChI=1S/C18H19N3OS2/c1-13(20-18-21-15-9-5-6-10-16(15)24-18)17(22)19-11-12-23-14-7-3-2-4-8-14/h2-10,13H,11-12H2,1H3,(H,19,22)(H,20,21). The lowest BCUT2D eigenvalue weighted by Gasteiger charge is -2.13. The molecule has 3 rings (SSSR count). The molecule has 0 radical (unpaired) electrons. The third-order valence-electron chi connectivity index (χ3n) is 3.44. The Morgan fingerprint density at radius 1 is 1.17 bits per heavy atom. The van der Waals surface area contributed by atoms with Crippen molar-refractivity contribution >= 4 is 44.4 Å². The summed E-state index contributed by atoms with van der Waals surface area (Å²) in [4.78, 5) is 17.9. The molecule has 3 aromatic rings. The van der Waals surface area contributed by atoms with E-state index in [0.29, 0.717) is 6.54 Å². The number of carbonyl (C=O) groups is 1. The quantitative estimate of drug-likeness (QED) is 0.496. The normalized spacial score (nSPS) is 12.0. The summed E-state index contributed by atoms with van der Waals surface area (Å²) >= 11 is 3.30. The lowest BCUT2D eigenvalue weighted by molar-refractivity contribution is -0.121. The molecule has 0 bridgehead atoms. The Hall–Kier alpha value is -2.05. The number of hydrogen-bond donors (Lipinski definition) is 2. The smallest absolute Gasteiger partial charge is 0.242 e. The van der Waals surface area contributed by atoms with E-state index in [9.17, 15) is 4.79 Å². The van der Waals surface area contributed by atoms with Crippen LogP contribution in [0.4, 0.5) is 5.13 Å². The fourth-order valence-electron chi connectivity index (χ4n) is 2.20. The second-order valence-corrected chi connectivity index (χ2v) is 7.50. The van der Waals surface area contributed by atoms with Crippen LogP contribution >= 0.6 is 23.1 Å². The molecule has 4 nitrogen and oxygen atoms in total. The van der Waals surface area contributed by atoms with Crippen molar-refractivity contribution < 1.29 is 4.79 Å². The molecule has 0 aliphatic rings. The van der Waals surface area contributed by atoms with Crippen LogP contribution in [0, 0.1) is 0 Å². The average molecular weight is 358 g/mol. The van der Waals surface area contributed by atoms with E-state index in [1.54, 1.807) is 23.1 Å². The second-order valence-electron chi connectivity index (χ2n) is 5.31. The molecule has 124 valence electrons. The van der Waals surface area contributed by atoms with E-state index >= 15 is 0 Å². The molecule has 0 saturated heterocycles. The monoisotopic (exact) mass is 357 g/mol. The maximum Gasteiger partial charge on any atom is 0.242 e. The SMILES string of the molecule is CC(Nc1nc2ccccc2s1)C(=O)NCCSc1ccccc1. The van der Waals surface area contributed by atoms with Gasteiger partial charge in [0.1, 0.15) is 6.04 Å². The number of anilines is 1. The van der Waals surface area contributed by atoms with Crippen LogP contribution in [0.15, 0.2) is 59.5 Å². The largest absolute Gasteiger partial charge is 0.353 e. The Morgan fingerprint density at radius 3 is 2.71 bits per heavy atom. The summed E-state index contributed by atoms with van der Waals surface area (Å²) in [5.41, 5.74) is 0.955. The number of para-hydroxylation sites is 1. The molecule has 1 unspecified atom stereocenters. The van der Waals surface area contributed by atoms with Gasteiger partial charge in [0, 0.05) is 17.2 Å². The van der Waals surface area contributed by atoms with E-state index < -0.39 is 0 Å². The number of nitrogens with zero attached hydrogens (tertiary/aromatic N) is 1. The average Bonchev–Trinajstić information content (AvgIpc) is 3.01. The van der Waals surface area contributed by atoms with Crippen LogP contribution in [0.3, 0.4) is 0 Å². The highest BCUT2D eigenvalue weighted by Crippen LogP contribution is 2.25. The highest BCUT2D eigenvalue weighted by Gasteiger charge is 2.14. The number of nitrogens with one attached hydrogen (secondary N) is 2. The van der Waals surface area contributed by atoms with E-state index in [4.69, 9.17) is 0 Å². The molecule has 0 saturated carbocycles. The van der Waals surface area contributed by atoms with Gasteiger partial charge in [-0.25, -0.2) is 4.98 Å². The lowest BCUT2D eigenvalue weighted by Crippen LogP contribution is -2.38. The first-order valence-electron chi connectivity index (χ1n) is 7.80. The maximum absolute atomic E-state index is 12.2. The third kappa shape index (κ3) is 4.49. The summed E-state index contributed by atoms with van der Waals surface area (Å²) < 4.78 is 1.12. The van der Waals surface area contributed by atoms with Gasteiger partial charge in [-0.05, 0) is 31.2 Å². The van der Waals surface area contributed by atoms with Crippen LogP contribution in [0.2, 0.25) is 0 Å². The summed E-state index contributed by atoms with van der Waals surface area (Å²) in [6.45, 7) is 2.50. The van der Waals surface area contributed by atoms with Crippen molar-refractivity contribution in [1.29, 1.82) is 0 Å². The van der Waals surface area contributed by atoms with Crippen molar-refractivity contribution in [2.45, 2.75) is 17.9 Å². The zero-order valence-electron chi connectivity index (χ0n) is 13.4. The highest BCUT2D eigenvalue weighted by atomic mass is 32.2. The molecule has 24 heavy (non-hydrogen) atoms. The van der Waals surface area contributed by atoms with Gasteiger partial charge >= 0.3 is 0 Å². The van der Waals surface area contributed by atoms with Crippen molar-refractivity contribution in [3.05, 3.63) is 54.6 Å². The van der Waals surface area contributed by atoms with E-state index in [2.05, 4.69) is 27.8 Å². The molecule has 0 fully saturated rings. The van der Waals surface area contributed by atoms with E-state index in [-0.39, 0.29) is 11.9 Å². The molecule has 1 aromatic heterocycles. The predicted octanol–water partition coefficient (Wildman–Crippen LogP) is 4.01. The van der Waals surface area contributed by atoms with E-state index in [1.807, 2.05) is 49.4 Å². The van der Waals surface area contributed by atoms with E-state index in [0.717, 1.165) is 21.1 Å². The van der Waals surface area contributed by atoms with Crippen LogP contribution in [-0.2, 0) is 4.79 Å². The summed E-state index contributed by atoms with van der Waals surface area (Å²) in [6, 6.07) is 17.8. The predicted molar refractivity (Wildman–Crippen MR) is 103 cm³/mol.